The molecule has 0 aliphatic rings. The zero-order valence-electron chi connectivity index (χ0n) is 8.13. The van der Waals surface area contributed by atoms with E-state index in [0.29, 0.717) is 0 Å². The van der Waals surface area contributed by atoms with Gasteiger partial charge in [0.25, 0.3) is 0 Å². The highest BCUT2D eigenvalue weighted by Gasteiger charge is 1.97. The molecule has 0 saturated heterocycles. The average molecular weight is 160 g/mol. The van der Waals surface area contributed by atoms with Crippen LogP contribution in [0.4, 0.5) is 0 Å². The van der Waals surface area contributed by atoms with Gasteiger partial charge in [-0.1, -0.05) is 0 Å². The first-order valence-corrected chi connectivity index (χ1v) is 3.99. The second kappa shape index (κ2) is 6.58. The standard InChI is InChI=1S/C8H20N2O/c1-9(2)5-6-10(3)7-8-11-4/h5-8H2,1-4H3. The fourth-order valence-corrected chi connectivity index (χ4v) is 0.730. The van der Waals surface area contributed by atoms with E-state index >= 15 is 0 Å². The number of methoxy groups -OCH3 is 1. The van der Waals surface area contributed by atoms with Gasteiger partial charge in [-0.25, -0.2) is 0 Å². The summed E-state index contributed by atoms with van der Waals surface area (Å²) in [5.41, 5.74) is 0. The molecule has 0 bridgehead atoms. The number of likely N-dealkylation sites (N-methyl/N-ethyl adjacent to an activating group) is 2. The highest BCUT2D eigenvalue weighted by Crippen LogP contribution is 1.83. The van der Waals surface area contributed by atoms with Crippen molar-refractivity contribution in [2.24, 2.45) is 0 Å². The Bertz CT molecular complexity index is 86.2. The number of ether oxygens (including phenoxy) is 1. The van der Waals surface area contributed by atoms with Crippen molar-refractivity contribution in [3.63, 3.8) is 0 Å². The van der Waals surface area contributed by atoms with Gasteiger partial charge in [0.05, 0.1) is 6.61 Å². The molecule has 0 rings (SSSR count). The summed E-state index contributed by atoms with van der Waals surface area (Å²) in [6.07, 6.45) is 0. The third-order valence-electron chi connectivity index (χ3n) is 1.61. The van der Waals surface area contributed by atoms with E-state index in [2.05, 4.69) is 30.9 Å². The van der Waals surface area contributed by atoms with Crippen LogP contribution in [0.3, 0.4) is 0 Å². The fourth-order valence-electron chi connectivity index (χ4n) is 0.730. The SMILES string of the molecule is COCCN(C)CCN(C)C. The second-order valence-corrected chi connectivity index (χ2v) is 3.10. The van der Waals surface area contributed by atoms with Crippen molar-refractivity contribution in [3.05, 3.63) is 0 Å². The summed E-state index contributed by atoms with van der Waals surface area (Å²) in [4.78, 5) is 4.45. The normalized spacial score (nSPS) is 11.5. The van der Waals surface area contributed by atoms with Crippen molar-refractivity contribution in [1.29, 1.82) is 0 Å². The zero-order chi connectivity index (χ0) is 8.69. The van der Waals surface area contributed by atoms with Crippen molar-refractivity contribution in [2.75, 3.05) is 54.5 Å². The maximum absolute atomic E-state index is 4.96. The molecule has 0 amide bonds. The van der Waals surface area contributed by atoms with E-state index in [1.54, 1.807) is 7.11 Å². The van der Waals surface area contributed by atoms with E-state index in [9.17, 15) is 0 Å². The summed E-state index contributed by atoms with van der Waals surface area (Å²) >= 11 is 0. The number of nitrogens with zero attached hydrogens (tertiary/aromatic N) is 2. The smallest absolute Gasteiger partial charge is 0.0589 e. The quantitative estimate of drug-likeness (QED) is 0.549. The summed E-state index contributed by atoms with van der Waals surface area (Å²) < 4.78 is 4.96. The van der Waals surface area contributed by atoms with E-state index in [1.165, 1.54) is 0 Å². The Morgan fingerprint density at radius 2 is 1.64 bits per heavy atom. The van der Waals surface area contributed by atoms with Crippen molar-refractivity contribution < 1.29 is 4.74 Å². The van der Waals surface area contributed by atoms with Crippen molar-refractivity contribution in [1.82, 2.24) is 9.80 Å². The Kier molecular flexibility index (Phi) is 6.51. The first-order chi connectivity index (χ1) is 5.16. The molecule has 3 nitrogen and oxygen atoms in total. The van der Waals surface area contributed by atoms with Crippen LogP contribution in [0.25, 0.3) is 0 Å². The molecule has 0 saturated carbocycles. The molecule has 0 radical (unpaired) electrons. The monoisotopic (exact) mass is 160 g/mol. The Hall–Kier alpha value is -0.120. The van der Waals surface area contributed by atoms with Crippen LogP contribution in [-0.4, -0.2) is 64.3 Å². The van der Waals surface area contributed by atoms with Gasteiger partial charge in [-0.15, -0.1) is 0 Å². The first kappa shape index (κ1) is 10.9. The lowest BCUT2D eigenvalue weighted by Gasteiger charge is -2.18. The minimum Gasteiger partial charge on any atom is -0.383 e. The zero-order valence-corrected chi connectivity index (χ0v) is 8.13. The topological polar surface area (TPSA) is 15.7 Å². The maximum Gasteiger partial charge on any atom is 0.0589 e. The molecule has 0 unspecified atom stereocenters. The highest BCUT2D eigenvalue weighted by molar-refractivity contribution is 4.52. The van der Waals surface area contributed by atoms with Crippen LogP contribution >= 0.6 is 0 Å². The molecule has 0 heterocycles. The molecule has 0 aliphatic carbocycles. The summed E-state index contributed by atoms with van der Waals surface area (Å²) in [6.45, 7) is 4.06. The minimum absolute atomic E-state index is 0.823. The molecule has 3 heteroatoms. The van der Waals surface area contributed by atoms with Crippen LogP contribution in [-0.2, 0) is 4.74 Å². The lowest BCUT2D eigenvalue weighted by Crippen LogP contribution is -2.30. The Balaban J connectivity index is 3.15. The van der Waals surface area contributed by atoms with Gasteiger partial charge in [-0.05, 0) is 21.1 Å². The Morgan fingerprint density at radius 3 is 2.09 bits per heavy atom. The maximum atomic E-state index is 4.96. The van der Waals surface area contributed by atoms with Crippen LogP contribution in [0.2, 0.25) is 0 Å². The summed E-state index contributed by atoms with van der Waals surface area (Å²) in [5, 5.41) is 0. The lowest BCUT2D eigenvalue weighted by atomic mass is 10.5. The molecule has 11 heavy (non-hydrogen) atoms. The predicted molar refractivity (Wildman–Crippen MR) is 47.9 cm³/mol. The van der Waals surface area contributed by atoms with Crippen LogP contribution in [0, 0.1) is 0 Å². The Morgan fingerprint density at radius 1 is 1.00 bits per heavy atom. The molecule has 0 aromatic heterocycles. The molecule has 0 aromatic rings. The largest absolute Gasteiger partial charge is 0.383 e. The Labute approximate surface area is 69.9 Å². The van der Waals surface area contributed by atoms with E-state index < -0.39 is 0 Å². The van der Waals surface area contributed by atoms with Gasteiger partial charge in [0.2, 0.25) is 0 Å². The molecule has 0 aromatic carbocycles. The van der Waals surface area contributed by atoms with Gasteiger partial charge >= 0.3 is 0 Å². The van der Waals surface area contributed by atoms with Crippen molar-refractivity contribution in [2.45, 2.75) is 0 Å². The predicted octanol–water partition coefficient (Wildman–Crippen LogP) is 0.126. The van der Waals surface area contributed by atoms with Gasteiger partial charge in [-0.3, -0.25) is 0 Å². The molecule has 68 valence electrons. The van der Waals surface area contributed by atoms with Crippen LogP contribution in [0.5, 0.6) is 0 Å². The molecular formula is C8H20N2O. The van der Waals surface area contributed by atoms with Crippen LogP contribution in [0.15, 0.2) is 0 Å². The van der Waals surface area contributed by atoms with E-state index in [-0.39, 0.29) is 0 Å². The van der Waals surface area contributed by atoms with Gasteiger partial charge in [0.1, 0.15) is 0 Å². The van der Waals surface area contributed by atoms with Gasteiger partial charge < -0.3 is 14.5 Å². The van der Waals surface area contributed by atoms with Gasteiger partial charge in [-0.2, -0.15) is 0 Å². The number of rotatable bonds is 6. The molecule has 0 N–H and O–H groups in total. The van der Waals surface area contributed by atoms with Crippen LogP contribution in [0.1, 0.15) is 0 Å². The van der Waals surface area contributed by atoms with Crippen molar-refractivity contribution >= 4 is 0 Å². The summed E-state index contributed by atoms with van der Waals surface area (Å²) in [7, 11) is 8.02. The average Bonchev–Trinajstić information content (AvgIpc) is 1.97. The summed E-state index contributed by atoms with van der Waals surface area (Å²) in [6, 6.07) is 0. The second-order valence-electron chi connectivity index (χ2n) is 3.10. The third-order valence-corrected chi connectivity index (χ3v) is 1.61. The van der Waals surface area contributed by atoms with Crippen LogP contribution < -0.4 is 0 Å². The first-order valence-electron chi connectivity index (χ1n) is 3.99. The fraction of sp³-hybridized carbons (Fsp3) is 1.00. The number of hydrogen-bond acceptors (Lipinski definition) is 3. The number of hydrogen-bond donors (Lipinski definition) is 0. The lowest BCUT2D eigenvalue weighted by molar-refractivity contribution is 0.156. The highest BCUT2D eigenvalue weighted by atomic mass is 16.5. The van der Waals surface area contributed by atoms with Gasteiger partial charge in [0, 0.05) is 26.7 Å². The minimum atomic E-state index is 0.823. The molecular weight excluding hydrogens is 140 g/mol. The molecule has 0 spiro atoms. The van der Waals surface area contributed by atoms with E-state index in [0.717, 1.165) is 26.2 Å². The van der Waals surface area contributed by atoms with Crippen molar-refractivity contribution in [3.8, 4) is 0 Å². The van der Waals surface area contributed by atoms with E-state index in [4.69, 9.17) is 4.74 Å². The third kappa shape index (κ3) is 7.78. The van der Waals surface area contributed by atoms with E-state index in [1.807, 2.05) is 0 Å². The summed E-state index contributed by atoms with van der Waals surface area (Å²) in [5.74, 6) is 0. The molecule has 0 aliphatic heterocycles. The molecule has 0 atom stereocenters. The molecule has 0 fully saturated rings. The van der Waals surface area contributed by atoms with Gasteiger partial charge in [0.15, 0.2) is 0 Å².